The second-order valence-corrected chi connectivity index (χ2v) is 4.38. The van der Waals surface area contributed by atoms with Gasteiger partial charge >= 0.3 is 0 Å². The molecule has 0 saturated carbocycles. The number of hydrogen-bond donors (Lipinski definition) is 1. The fourth-order valence-corrected chi connectivity index (χ4v) is 2.31. The molecule has 4 nitrogen and oxygen atoms in total. The van der Waals surface area contributed by atoms with Gasteiger partial charge < -0.3 is 10.2 Å². The molecule has 5 heteroatoms. The Morgan fingerprint density at radius 2 is 2.36 bits per heavy atom. The van der Waals surface area contributed by atoms with Crippen molar-refractivity contribution in [3.63, 3.8) is 0 Å². The third kappa shape index (κ3) is 2.42. The van der Waals surface area contributed by atoms with Crippen LogP contribution >= 0.6 is 11.5 Å². The van der Waals surface area contributed by atoms with Gasteiger partial charge in [0.25, 0.3) is 0 Å². The van der Waals surface area contributed by atoms with Crippen LogP contribution in [0.5, 0.6) is 0 Å². The summed E-state index contributed by atoms with van der Waals surface area (Å²) in [6, 6.07) is 0.589. The molecular weight excluding hydrogens is 196 g/mol. The molecule has 1 N–H and O–H groups in total. The fourth-order valence-electron chi connectivity index (χ4n) is 1.80. The molecule has 0 radical (unpaired) electrons. The zero-order valence-electron chi connectivity index (χ0n) is 8.44. The van der Waals surface area contributed by atoms with Gasteiger partial charge in [-0.2, -0.15) is 4.37 Å². The average Bonchev–Trinajstić information content (AvgIpc) is 2.72. The van der Waals surface area contributed by atoms with Crippen molar-refractivity contribution in [2.45, 2.75) is 25.8 Å². The molecular formula is C9H16N4S. The quantitative estimate of drug-likeness (QED) is 0.823. The van der Waals surface area contributed by atoms with E-state index >= 15 is 0 Å². The predicted octanol–water partition coefficient (Wildman–Crippen LogP) is 1.43. The summed E-state index contributed by atoms with van der Waals surface area (Å²) in [5.74, 6) is 0. The molecule has 1 aliphatic rings. The highest BCUT2D eigenvalue weighted by atomic mass is 32.1. The fraction of sp³-hybridized carbons (Fsp3) is 0.778. The number of anilines is 1. The number of hydrogen-bond acceptors (Lipinski definition) is 5. The Kier molecular flexibility index (Phi) is 3.31. The van der Waals surface area contributed by atoms with E-state index in [0.717, 1.165) is 5.13 Å². The molecule has 1 saturated heterocycles. The van der Waals surface area contributed by atoms with Crippen molar-refractivity contribution in [2.24, 2.45) is 0 Å². The van der Waals surface area contributed by atoms with E-state index in [-0.39, 0.29) is 0 Å². The van der Waals surface area contributed by atoms with Gasteiger partial charge in [-0.05, 0) is 19.4 Å². The maximum absolute atomic E-state index is 4.13. The Morgan fingerprint density at radius 3 is 2.93 bits per heavy atom. The molecule has 1 fully saturated rings. The molecule has 0 aromatic carbocycles. The Morgan fingerprint density at radius 1 is 1.57 bits per heavy atom. The molecule has 2 heterocycles. The number of nitrogens with one attached hydrogen (secondary N) is 1. The second-order valence-electron chi connectivity index (χ2n) is 3.60. The van der Waals surface area contributed by atoms with Gasteiger partial charge in [0.1, 0.15) is 6.33 Å². The van der Waals surface area contributed by atoms with Gasteiger partial charge in [-0.3, -0.25) is 0 Å². The lowest BCUT2D eigenvalue weighted by molar-refractivity contribution is 0.229. The molecule has 14 heavy (non-hydrogen) atoms. The Labute approximate surface area is 88.5 Å². The summed E-state index contributed by atoms with van der Waals surface area (Å²) in [6.07, 6.45) is 4.04. The standard InChI is InChI=1S/C9H16N4S/c1-2-13-5-3-8(4-6-13)12-9-10-7-11-14-9/h7-8H,2-6H2,1H3,(H,10,11,12). The normalized spacial score (nSPS) is 19.8. The summed E-state index contributed by atoms with van der Waals surface area (Å²) < 4.78 is 3.98. The Hall–Kier alpha value is -0.680. The Bertz CT molecular complexity index is 254. The monoisotopic (exact) mass is 212 g/mol. The SMILES string of the molecule is CCN1CCC(Nc2ncns2)CC1. The van der Waals surface area contributed by atoms with E-state index in [4.69, 9.17) is 0 Å². The molecule has 1 aromatic rings. The number of aromatic nitrogens is 2. The molecule has 1 aromatic heterocycles. The smallest absolute Gasteiger partial charge is 0.202 e. The van der Waals surface area contributed by atoms with Crippen molar-refractivity contribution < 1.29 is 0 Å². The van der Waals surface area contributed by atoms with Gasteiger partial charge in [-0.25, -0.2) is 4.98 Å². The largest absolute Gasteiger partial charge is 0.357 e. The number of piperidine rings is 1. The van der Waals surface area contributed by atoms with Crippen molar-refractivity contribution in [3.8, 4) is 0 Å². The van der Waals surface area contributed by atoms with Crippen LogP contribution in [0.15, 0.2) is 6.33 Å². The van der Waals surface area contributed by atoms with Crippen LogP contribution in [0.2, 0.25) is 0 Å². The minimum absolute atomic E-state index is 0.589. The molecule has 78 valence electrons. The minimum Gasteiger partial charge on any atom is -0.357 e. The molecule has 0 bridgehead atoms. The molecule has 0 aliphatic carbocycles. The van der Waals surface area contributed by atoms with Crippen LogP contribution < -0.4 is 5.32 Å². The van der Waals surface area contributed by atoms with E-state index in [2.05, 4.69) is 26.5 Å². The second kappa shape index (κ2) is 4.70. The molecule has 2 rings (SSSR count). The zero-order chi connectivity index (χ0) is 9.80. The van der Waals surface area contributed by atoms with Gasteiger partial charge in [-0.15, -0.1) is 0 Å². The first-order valence-corrected chi connectivity index (χ1v) is 5.91. The molecule has 0 spiro atoms. The topological polar surface area (TPSA) is 41.0 Å². The van der Waals surface area contributed by atoms with E-state index in [0.29, 0.717) is 6.04 Å². The zero-order valence-corrected chi connectivity index (χ0v) is 9.26. The van der Waals surface area contributed by atoms with Crippen LogP contribution in [-0.4, -0.2) is 39.9 Å². The van der Waals surface area contributed by atoms with Crippen molar-refractivity contribution in [3.05, 3.63) is 6.33 Å². The highest BCUT2D eigenvalue weighted by molar-refractivity contribution is 7.09. The maximum Gasteiger partial charge on any atom is 0.202 e. The van der Waals surface area contributed by atoms with Crippen molar-refractivity contribution >= 4 is 16.7 Å². The van der Waals surface area contributed by atoms with Gasteiger partial charge in [0.2, 0.25) is 5.13 Å². The summed E-state index contributed by atoms with van der Waals surface area (Å²) in [5, 5.41) is 4.38. The lowest BCUT2D eigenvalue weighted by Gasteiger charge is -2.31. The summed E-state index contributed by atoms with van der Waals surface area (Å²) in [4.78, 5) is 6.62. The van der Waals surface area contributed by atoms with Crippen LogP contribution in [0.25, 0.3) is 0 Å². The summed E-state index contributed by atoms with van der Waals surface area (Å²) in [6.45, 7) is 5.80. The van der Waals surface area contributed by atoms with E-state index in [1.165, 1.54) is 44.0 Å². The first-order valence-electron chi connectivity index (χ1n) is 5.14. The highest BCUT2D eigenvalue weighted by Gasteiger charge is 2.18. The molecule has 0 amide bonds. The van der Waals surface area contributed by atoms with Crippen LogP contribution in [0.3, 0.4) is 0 Å². The first-order chi connectivity index (χ1) is 6.88. The van der Waals surface area contributed by atoms with Crippen molar-refractivity contribution in [1.82, 2.24) is 14.3 Å². The summed E-state index contributed by atoms with van der Waals surface area (Å²) in [5.41, 5.74) is 0. The number of likely N-dealkylation sites (tertiary alicyclic amines) is 1. The summed E-state index contributed by atoms with van der Waals surface area (Å²) in [7, 11) is 0. The van der Waals surface area contributed by atoms with Crippen LogP contribution in [0, 0.1) is 0 Å². The van der Waals surface area contributed by atoms with Crippen molar-refractivity contribution in [2.75, 3.05) is 25.0 Å². The van der Waals surface area contributed by atoms with Crippen LogP contribution in [0.1, 0.15) is 19.8 Å². The predicted molar refractivity (Wildman–Crippen MR) is 58.7 cm³/mol. The van der Waals surface area contributed by atoms with Crippen molar-refractivity contribution in [1.29, 1.82) is 0 Å². The third-order valence-corrected chi connectivity index (χ3v) is 3.32. The van der Waals surface area contributed by atoms with Gasteiger partial charge in [0.15, 0.2) is 0 Å². The molecule has 0 atom stereocenters. The first kappa shape index (κ1) is 9.86. The highest BCUT2D eigenvalue weighted by Crippen LogP contribution is 2.16. The average molecular weight is 212 g/mol. The third-order valence-electron chi connectivity index (χ3n) is 2.72. The van der Waals surface area contributed by atoms with E-state index < -0.39 is 0 Å². The number of nitrogens with zero attached hydrogens (tertiary/aromatic N) is 3. The van der Waals surface area contributed by atoms with Gasteiger partial charge in [0, 0.05) is 30.7 Å². The maximum atomic E-state index is 4.13. The van der Waals surface area contributed by atoms with E-state index in [1.54, 1.807) is 6.33 Å². The Balaban J connectivity index is 1.79. The summed E-state index contributed by atoms with van der Waals surface area (Å²) >= 11 is 1.44. The molecule has 1 aliphatic heterocycles. The van der Waals surface area contributed by atoms with Crippen LogP contribution in [0.4, 0.5) is 5.13 Å². The molecule has 0 unspecified atom stereocenters. The number of rotatable bonds is 3. The lowest BCUT2D eigenvalue weighted by atomic mass is 10.1. The van der Waals surface area contributed by atoms with Gasteiger partial charge in [0.05, 0.1) is 0 Å². The van der Waals surface area contributed by atoms with Crippen LogP contribution in [-0.2, 0) is 0 Å². The lowest BCUT2D eigenvalue weighted by Crippen LogP contribution is -2.38. The van der Waals surface area contributed by atoms with E-state index in [9.17, 15) is 0 Å². The van der Waals surface area contributed by atoms with Gasteiger partial charge in [-0.1, -0.05) is 6.92 Å². The van der Waals surface area contributed by atoms with E-state index in [1.807, 2.05) is 0 Å². The minimum atomic E-state index is 0.589.